The summed E-state index contributed by atoms with van der Waals surface area (Å²) in [5.41, 5.74) is 2.18. The van der Waals surface area contributed by atoms with Crippen molar-refractivity contribution in [1.82, 2.24) is 5.32 Å². The highest BCUT2D eigenvalue weighted by Crippen LogP contribution is 2.21. The monoisotopic (exact) mass is 376 g/mol. The smallest absolute Gasteiger partial charge is 0.261 e. The van der Waals surface area contributed by atoms with Crippen molar-refractivity contribution < 1.29 is 9.53 Å². The van der Waals surface area contributed by atoms with Gasteiger partial charge in [0.2, 0.25) is 0 Å². The third kappa shape index (κ3) is 5.73. The Bertz CT molecular complexity index is 765. The Morgan fingerprint density at radius 3 is 2.76 bits per heavy atom. The highest BCUT2D eigenvalue weighted by atomic mass is 35.5. The second-order valence-corrected chi connectivity index (χ2v) is 6.41. The average molecular weight is 377 g/mol. The van der Waals surface area contributed by atoms with Crippen molar-refractivity contribution in [3.63, 3.8) is 0 Å². The first-order chi connectivity index (χ1) is 12.0. The minimum Gasteiger partial charge on any atom is -0.493 e. The minimum absolute atomic E-state index is 0.207. The van der Waals surface area contributed by atoms with Gasteiger partial charge in [-0.25, -0.2) is 0 Å². The predicted octanol–water partition coefficient (Wildman–Crippen LogP) is 4.95. The van der Waals surface area contributed by atoms with Gasteiger partial charge >= 0.3 is 0 Å². The highest BCUT2D eigenvalue weighted by Gasteiger charge is 2.14. The molecule has 0 fully saturated rings. The summed E-state index contributed by atoms with van der Waals surface area (Å²) in [6, 6.07) is 12.6. The predicted molar refractivity (Wildman–Crippen MR) is 107 cm³/mol. The number of unbranched alkanes of at least 4 members (excludes halogenated alkanes) is 1. The number of thiocarbonyl (C=S) groups is 1. The molecule has 2 aromatic carbocycles. The van der Waals surface area contributed by atoms with Gasteiger partial charge in [-0.15, -0.1) is 0 Å². The van der Waals surface area contributed by atoms with Gasteiger partial charge in [0.25, 0.3) is 5.91 Å². The topological polar surface area (TPSA) is 50.4 Å². The molecule has 0 saturated carbocycles. The number of para-hydroxylation sites is 1. The molecule has 1 amide bonds. The van der Waals surface area contributed by atoms with E-state index in [1.807, 2.05) is 19.1 Å². The molecule has 0 bridgehead atoms. The van der Waals surface area contributed by atoms with Crippen LogP contribution in [0.15, 0.2) is 42.5 Å². The summed E-state index contributed by atoms with van der Waals surface area (Å²) in [5, 5.41) is 6.48. The zero-order valence-corrected chi connectivity index (χ0v) is 15.8. The van der Waals surface area contributed by atoms with Gasteiger partial charge in [0, 0.05) is 10.7 Å². The number of nitrogens with one attached hydrogen (secondary N) is 2. The Labute approximate surface area is 158 Å². The van der Waals surface area contributed by atoms with E-state index in [-0.39, 0.29) is 11.0 Å². The van der Waals surface area contributed by atoms with E-state index >= 15 is 0 Å². The molecule has 0 aliphatic carbocycles. The molecule has 0 aliphatic heterocycles. The maximum absolute atomic E-state index is 12.5. The minimum atomic E-state index is -0.315. The molecule has 0 aromatic heterocycles. The second-order valence-electron chi connectivity index (χ2n) is 5.57. The van der Waals surface area contributed by atoms with E-state index in [1.54, 1.807) is 30.3 Å². The van der Waals surface area contributed by atoms with Gasteiger partial charge in [0.1, 0.15) is 5.75 Å². The number of halogens is 1. The Hall–Kier alpha value is -2.11. The Kier molecular flexibility index (Phi) is 7.22. The molecule has 2 aromatic rings. The van der Waals surface area contributed by atoms with Crippen molar-refractivity contribution in [2.24, 2.45) is 0 Å². The lowest BCUT2D eigenvalue weighted by atomic mass is 10.2. The molecule has 6 heteroatoms. The van der Waals surface area contributed by atoms with Crippen LogP contribution in [-0.2, 0) is 0 Å². The number of hydrogen-bond acceptors (Lipinski definition) is 3. The first kappa shape index (κ1) is 19.2. The summed E-state index contributed by atoms with van der Waals surface area (Å²) in [6.45, 7) is 4.59. The van der Waals surface area contributed by atoms with Crippen LogP contribution in [0.2, 0.25) is 5.02 Å². The van der Waals surface area contributed by atoms with Crippen molar-refractivity contribution in [3.05, 3.63) is 58.6 Å². The molecule has 25 heavy (non-hydrogen) atoms. The van der Waals surface area contributed by atoms with Crippen LogP contribution in [0.25, 0.3) is 0 Å². The van der Waals surface area contributed by atoms with Gasteiger partial charge in [-0.2, -0.15) is 0 Å². The Morgan fingerprint density at radius 2 is 2.00 bits per heavy atom. The first-order valence-electron chi connectivity index (χ1n) is 8.11. The van der Waals surface area contributed by atoms with Crippen LogP contribution in [0.3, 0.4) is 0 Å². The normalized spacial score (nSPS) is 10.2. The molecule has 2 rings (SSSR count). The number of amides is 1. The standard InChI is InChI=1S/C19H21ClN2O2S/c1-3-4-11-24-17-8-6-5-7-15(17)18(23)22-19(25)21-16-12-14(20)10-9-13(16)2/h5-10,12H,3-4,11H2,1-2H3,(H2,21,22,23,25). The number of carbonyl (C=O) groups excluding carboxylic acids is 1. The zero-order chi connectivity index (χ0) is 18.2. The van der Waals surface area contributed by atoms with Crippen LogP contribution in [0.1, 0.15) is 35.7 Å². The summed E-state index contributed by atoms with van der Waals surface area (Å²) < 4.78 is 5.69. The summed E-state index contributed by atoms with van der Waals surface area (Å²) in [6.07, 6.45) is 1.96. The van der Waals surface area contributed by atoms with E-state index in [2.05, 4.69) is 17.6 Å². The van der Waals surface area contributed by atoms with Gasteiger partial charge in [0.05, 0.1) is 12.2 Å². The van der Waals surface area contributed by atoms with Gasteiger partial charge < -0.3 is 10.1 Å². The number of rotatable bonds is 6. The third-order valence-electron chi connectivity index (χ3n) is 3.56. The van der Waals surface area contributed by atoms with Crippen LogP contribution in [-0.4, -0.2) is 17.6 Å². The quantitative estimate of drug-likeness (QED) is 0.553. The van der Waals surface area contributed by atoms with Gasteiger partial charge in [-0.3, -0.25) is 10.1 Å². The van der Waals surface area contributed by atoms with Gasteiger partial charge in [-0.05, 0) is 55.4 Å². The number of hydrogen-bond donors (Lipinski definition) is 2. The molecule has 4 nitrogen and oxygen atoms in total. The lowest BCUT2D eigenvalue weighted by Crippen LogP contribution is -2.34. The number of aryl methyl sites for hydroxylation is 1. The largest absolute Gasteiger partial charge is 0.493 e. The van der Waals surface area contributed by atoms with Crippen molar-refractivity contribution in [3.8, 4) is 5.75 Å². The maximum Gasteiger partial charge on any atom is 0.261 e. The SMILES string of the molecule is CCCCOc1ccccc1C(=O)NC(=S)Nc1cc(Cl)ccc1C. The molecule has 0 atom stereocenters. The van der Waals surface area contributed by atoms with Crippen LogP contribution in [0.5, 0.6) is 5.75 Å². The first-order valence-corrected chi connectivity index (χ1v) is 8.90. The fourth-order valence-corrected chi connectivity index (χ4v) is 2.53. The summed E-state index contributed by atoms with van der Waals surface area (Å²) in [5.74, 6) is 0.236. The fourth-order valence-electron chi connectivity index (χ4n) is 2.16. The van der Waals surface area contributed by atoms with Crippen LogP contribution < -0.4 is 15.4 Å². The van der Waals surface area contributed by atoms with Crippen molar-refractivity contribution in [2.45, 2.75) is 26.7 Å². The van der Waals surface area contributed by atoms with Gasteiger partial charge in [0.15, 0.2) is 5.11 Å². The van der Waals surface area contributed by atoms with E-state index in [4.69, 9.17) is 28.6 Å². The van der Waals surface area contributed by atoms with E-state index in [0.717, 1.165) is 24.1 Å². The zero-order valence-electron chi connectivity index (χ0n) is 14.3. The maximum atomic E-state index is 12.5. The summed E-state index contributed by atoms with van der Waals surface area (Å²) in [4.78, 5) is 12.5. The van der Waals surface area contributed by atoms with E-state index in [1.165, 1.54) is 0 Å². The molecule has 0 unspecified atom stereocenters. The van der Waals surface area contributed by atoms with Gasteiger partial charge in [-0.1, -0.05) is 43.1 Å². The Morgan fingerprint density at radius 1 is 1.24 bits per heavy atom. The molecule has 0 heterocycles. The Balaban J connectivity index is 2.04. The highest BCUT2D eigenvalue weighted by molar-refractivity contribution is 7.80. The number of anilines is 1. The third-order valence-corrected chi connectivity index (χ3v) is 4.00. The molecule has 0 saturated heterocycles. The number of benzene rings is 2. The van der Waals surface area contributed by atoms with E-state index in [9.17, 15) is 4.79 Å². The van der Waals surface area contributed by atoms with Crippen LogP contribution >= 0.6 is 23.8 Å². The number of carbonyl (C=O) groups is 1. The van der Waals surface area contributed by atoms with Crippen molar-refractivity contribution >= 4 is 40.5 Å². The lowest BCUT2D eigenvalue weighted by molar-refractivity contribution is 0.0973. The van der Waals surface area contributed by atoms with Crippen molar-refractivity contribution in [2.75, 3.05) is 11.9 Å². The molecule has 2 N–H and O–H groups in total. The lowest BCUT2D eigenvalue weighted by Gasteiger charge is -2.14. The second kappa shape index (κ2) is 9.39. The van der Waals surface area contributed by atoms with E-state index in [0.29, 0.717) is 22.9 Å². The molecule has 132 valence electrons. The summed E-state index contributed by atoms with van der Waals surface area (Å²) >= 11 is 11.2. The molecular formula is C19H21ClN2O2S. The molecule has 0 spiro atoms. The number of ether oxygens (including phenoxy) is 1. The molecule has 0 aliphatic rings. The summed E-state index contributed by atoms with van der Waals surface area (Å²) in [7, 11) is 0. The molecular weight excluding hydrogens is 356 g/mol. The van der Waals surface area contributed by atoms with Crippen LogP contribution in [0.4, 0.5) is 5.69 Å². The van der Waals surface area contributed by atoms with Crippen molar-refractivity contribution in [1.29, 1.82) is 0 Å². The molecule has 0 radical (unpaired) electrons. The average Bonchev–Trinajstić information content (AvgIpc) is 2.58. The fraction of sp³-hybridized carbons (Fsp3) is 0.263. The van der Waals surface area contributed by atoms with Crippen LogP contribution in [0, 0.1) is 6.92 Å². The van der Waals surface area contributed by atoms with E-state index < -0.39 is 0 Å².